The van der Waals surface area contributed by atoms with Gasteiger partial charge in [0.25, 0.3) is 5.91 Å². The second kappa shape index (κ2) is 5.32. The second-order valence-corrected chi connectivity index (χ2v) is 4.56. The molecule has 0 bridgehead atoms. The number of carbonyl (C=O) groups excluding carboxylic acids is 1. The van der Waals surface area contributed by atoms with Crippen molar-refractivity contribution >= 4 is 39.1 Å². The zero-order valence-corrected chi connectivity index (χ0v) is 11.2. The molecule has 0 aromatic carbocycles. The summed E-state index contributed by atoms with van der Waals surface area (Å²) in [6.07, 6.45) is 2.59. The molecular formula is C11H6BrClN2O3. The van der Waals surface area contributed by atoms with E-state index in [4.69, 9.17) is 11.6 Å². The normalized spacial score (nSPS) is 10.1. The summed E-state index contributed by atoms with van der Waals surface area (Å²) in [6, 6.07) is 4.14. The van der Waals surface area contributed by atoms with Crippen LogP contribution in [0.2, 0.25) is 5.15 Å². The molecule has 2 aromatic heterocycles. The van der Waals surface area contributed by atoms with Crippen molar-refractivity contribution in [1.29, 1.82) is 0 Å². The number of hydrogen-bond acceptors (Lipinski definition) is 4. The van der Waals surface area contributed by atoms with E-state index in [0.717, 1.165) is 12.3 Å². The number of halogens is 2. The number of pyridine rings is 1. The van der Waals surface area contributed by atoms with Crippen molar-refractivity contribution in [2.45, 2.75) is 0 Å². The van der Waals surface area contributed by atoms with Crippen molar-refractivity contribution in [3.63, 3.8) is 0 Å². The number of amides is 1. The molecule has 0 spiro atoms. The minimum absolute atomic E-state index is 0.170. The molecule has 7 heteroatoms. The molecule has 0 fully saturated rings. The molecule has 0 unspecified atom stereocenters. The number of hydrogen-bond donors (Lipinski definition) is 1. The van der Waals surface area contributed by atoms with Crippen molar-refractivity contribution in [1.82, 2.24) is 4.98 Å². The molecule has 18 heavy (non-hydrogen) atoms. The minimum Gasteiger partial charge on any atom is -0.430 e. The maximum Gasteiger partial charge on any atom is 0.335 e. The molecule has 0 atom stereocenters. The molecule has 0 aliphatic carbocycles. The molecule has 2 heterocycles. The summed E-state index contributed by atoms with van der Waals surface area (Å²) in [7, 11) is 0. The lowest BCUT2D eigenvalue weighted by Gasteiger charge is -2.06. The Morgan fingerprint density at radius 1 is 1.44 bits per heavy atom. The van der Waals surface area contributed by atoms with E-state index in [0.29, 0.717) is 10.2 Å². The zero-order chi connectivity index (χ0) is 13.1. The van der Waals surface area contributed by atoms with Crippen LogP contribution in [0.4, 0.5) is 5.69 Å². The van der Waals surface area contributed by atoms with E-state index in [9.17, 15) is 9.59 Å². The Hall–Kier alpha value is -1.66. The van der Waals surface area contributed by atoms with Crippen molar-refractivity contribution < 1.29 is 9.21 Å². The van der Waals surface area contributed by atoms with Gasteiger partial charge in [-0.25, -0.2) is 9.78 Å². The van der Waals surface area contributed by atoms with Crippen LogP contribution in [0.3, 0.4) is 0 Å². The Morgan fingerprint density at radius 3 is 2.89 bits per heavy atom. The first kappa shape index (κ1) is 12.8. The predicted octanol–water partition coefficient (Wildman–Crippen LogP) is 2.70. The lowest BCUT2D eigenvalue weighted by atomic mass is 10.3. The number of carbonyl (C=O) groups is 1. The highest BCUT2D eigenvalue weighted by Gasteiger charge is 2.10. The summed E-state index contributed by atoms with van der Waals surface area (Å²) >= 11 is 9.05. The maximum atomic E-state index is 11.8. The first-order valence-electron chi connectivity index (χ1n) is 4.77. The van der Waals surface area contributed by atoms with Crippen LogP contribution in [0.15, 0.2) is 44.3 Å². The molecule has 92 valence electrons. The van der Waals surface area contributed by atoms with Gasteiger partial charge in [-0.05, 0) is 28.1 Å². The summed E-state index contributed by atoms with van der Waals surface area (Å²) in [6.45, 7) is 0. The number of anilines is 1. The van der Waals surface area contributed by atoms with Crippen molar-refractivity contribution in [3.05, 3.63) is 56.3 Å². The van der Waals surface area contributed by atoms with E-state index in [1.54, 1.807) is 6.07 Å². The Kier molecular flexibility index (Phi) is 3.78. The molecule has 0 radical (unpaired) electrons. The molecule has 2 rings (SSSR count). The molecule has 0 aliphatic heterocycles. The number of aromatic nitrogens is 1. The van der Waals surface area contributed by atoms with Crippen LogP contribution in [0.5, 0.6) is 0 Å². The zero-order valence-electron chi connectivity index (χ0n) is 8.81. The SMILES string of the molecule is O=C(Nc1cc(Br)cnc1Cl)c1ccc(=O)oc1. The minimum atomic E-state index is -0.520. The third-order valence-electron chi connectivity index (χ3n) is 2.02. The molecule has 5 nitrogen and oxygen atoms in total. The first-order valence-corrected chi connectivity index (χ1v) is 5.94. The average Bonchev–Trinajstić information content (AvgIpc) is 2.34. The van der Waals surface area contributed by atoms with Crippen LogP contribution < -0.4 is 10.9 Å². The molecular weight excluding hydrogens is 323 g/mol. The molecule has 1 amide bonds. The van der Waals surface area contributed by atoms with Crippen molar-refractivity contribution in [2.24, 2.45) is 0 Å². The van der Waals surface area contributed by atoms with Gasteiger partial charge < -0.3 is 9.73 Å². The van der Waals surface area contributed by atoms with E-state index in [1.807, 2.05) is 0 Å². The average molecular weight is 330 g/mol. The van der Waals surface area contributed by atoms with Gasteiger partial charge in [-0.2, -0.15) is 0 Å². The van der Waals surface area contributed by atoms with Crippen LogP contribution in [0.1, 0.15) is 10.4 Å². The van der Waals surface area contributed by atoms with E-state index < -0.39 is 11.5 Å². The van der Waals surface area contributed by atoms with Crippen molar-refractivity contribution in [3.8, 4) is 0 Å². The topological polar surface area (TPSA) is 72.2 Å². The van der Waals surface area contributed by atoms with Crippen LogP contribution in [-0.2, 0) is 0 Å². The van der Waals surface area contributed by atoms with Gasteiger partial charge >= 0.3 is 5.63 Å². The fourth-order valence-corrected chi connectivity index (χ4v) is 1.67. The molecule has 2 aromatic rings. The fourth-order valence-electron chi connectivity index (χ4n) is 1.19. The van der Waals surface area contributed by atoms with Crippen LogP contribution >= 0.6 is 27.5 Å². The van der Waals surface area contributed by atoms with Gasteiger partial charge in [0, 0.05) is 16.7 Å². The highest BCUT2D eigenvalue weighted by molar-refractivity contribution is 9.10. The van der Waals surface area contributed by atoms with Gasteiger partial charge in [0.1, 0.15) is 6.26 Å². The molecule has 0 saturated carbocycles. The standard InChI is InChI=1S/C11H6BrClN2O3/c12-7-3-8(10(13)14-4-7)15-11(17)6-1-2-9(16)18-5-6/h1-5H,(H,15,17). The molecule has 0 saturated heterocycles. The lowest BCUT2D eigenvalue weighted by Crippen LogP contribution is -2.13. The van der Waals surface area contributed by atoms with E-state index in [-0.39, 0.29) is 10.7 Å². The largest absolute Gasteiger partial charge is 0.430 e. The first-order chi connectivity index (χ1) is 8.56. The van der Waals surface area contributed by atoms with Crippen LogP contribution in [0, 0.1) is 0 Å². The van der Waals surface area contributed by atoms with Crippen LogP contribution in [0.25, 0.3) is 0 Å². The molecule has 0 aliphatic rings. The smallest absolute Gasteiger partial charge is 0.335 e. The summed E-state index contributed by atoms with van der Waals surface area (Å²) in [5.74, 6) is -0.444. The van der Waals surface area contributed by atoms with E-state index in [2.05, 4.69) is 30.6 Å². The quantitative estimate of drug-likeness (QED) is 0.860. The number of nitrogens with one attached hydrogen (secondary N) is 1. The second-order valence-electron chi connectivity index (χ2n) is 3.29. The monoisotopic (exact) mass is 328 g/mol. The predicted molar refractivity (Wildman–Crippen MR) is 69.9 cm³/mol. The van der Waals surface area contributed by atoms with Gasteiger partial charge in [-0.15, -0.1) is 0 Å². The van der Waals surface area contributed by atoms with Crippen molar-refractivity contribution in [2.75, 3.05) is 5.32 Å². The lowest BCUT2D eigenvalue weighted by molar-refractivity contribution is 0.102. The summed E-state index contributed by atoms with van der Waals surface area (Å²) in [4.78, 5) is 26.4. The Morgan fingerprint density at radius 2 is 2.22 bits per heavy atom. The highest BCUT2D eigenvalue weighted by Crippen LogP contribution is 2.23. The fraction of sp³-hybridized carbons (Fsp3) is 0. The number of rotatable bonds is 2. The third-order valence-corrected chi connectivity index (χ3v) is 2.75. The molecule has 1 N–H and O–H groups in total. The highest BCUT2D eigenvalue weighted by atomic mass is 79.9. The van der Waals surface area contributed by atoms with Gasteiger partial charge in [-0.1, -0.05) is 11.6 Å². The Balaban J connectivity index is 2.23. The van der Waals surface area contributed by atoms with Gasteiger partial charge in [0.2, 0.25) is 0 Å². The maximum absolute atomic E-state index is 11.8. The van der Waals surface area contributed by atoms with E-state index in [1.165, 1.54) is 12.3 Å². The van der Waals surface area contributed by atoms with Gasteiger partial charge in [0.15, 0.2) is 5.15 Å². The third kappa shape index (κ3) is 2.96. The van der Waals surface area contributed by atoms with Crippen LogP contribution in [-0.4, -0.2) is 10.9 Å². The summed E-state index contributed by atoms with van der Waals surface area (Å²) in [5.41, 5.74) is 0.0570. The van der Waals surface area contributed by atoms with Gasteiger partial charge in [0.05, 0.1) is 11.3 Å². The number of nitrogens with zero attached hydrogens (tertiary/aromatic N) is 1. The summed E-state index contributed by atoms with van der Waals surface area (Å²) < 4.78 is 5.28. The Labute approximate surface area is 115 Å². The van der Waals surface area contributed by atoms with E-state index >= 15 is 0 Å². The summed E-state index contributed by atoms with van der Waals surface area (Å²) in [5, 5.41) is 2.73. The van der Waals surface area contributed by atoms with Gasteiger partial charge in [-0.3, -0.25) is 4.79 Å². The Bertz CT molecular complexity index is 636.